The van der Waals surface area contributed by atoms with E-state index in [0.29, 0.717) is 13.1 Å². The lowest BCUT2D eigenvalue weighted by Gasteiger charge is -2.35. The van der Waals surface area contributed by atoms with E-state index in [-0.39, 0.29) is 18.2 Å². The first-order valence-corrected chi connectivity index (χ1v) is 8.21. The molecule has 1 aromatic heterocycles. The molecule has 1 aromatic rings. The van der Waals surface area contributed by atoms with Crippen molar-refractivity contribution >= 4 is 17.4 Å². The zero-order chi connectivity index (χ0) is 15.2. The molecule has 21 heavy (non-hydrogen) atoms. The van der Waals surface area contributed by atoms with Crippen LogP contribution < -0.4 is 10.6 Å². The van der Waals surface area contributed by atoms with Gasteiger partial charge in [-0.1, -0.05) is 0 Å². The molecule has 118 valence electrons. The van der Waals surface area contributed by atoms with Crippen molar-refractivity contribution in [1.29, 1.82) is 0 Å². The molecule has 0 unspecified atom stereocenters. The highest BCUT2D eigenvalue weighted by atomic mass is 32.1. The molecule has 1 aliphatic rings. The standard InChI is InChI=1S/C14H24N4O2S/c1-10-9-21-13(17-10)6-16-14(19)15-4-5-18-7-11(2)20-12(3)8-18/h9,11-12H,4-8H2,1-3H3,(H2,15,16,19)/t11-,12-/m0/s1. The van der Waals surface area contributed by atoms with Crippen molar-refractivity contribution in [1.82, 2.24) is 20.5 Å². The second-order valence-electron chi connectivity index (χ2n) is 5.51. The minimum Gasteiger partial charge on any atom is -0.373 e. The van der Waals surface area contributed by atoms with Crippen molar-refractivity contribution in [2.75, 3.05) is 26.2 Å². The molecule has 0 aromatic carbocycles. The van der Waals surface area contributed by atoms with Crippen LogP contribution >= 0.6 is 11.3 Å². The molecule has 1 saturated heterocycles. The predicted octanol–water partition coefficient (Wildman–Crippen LogP) is 1.36. The van der Waals surface area contributed by atoms with Crippen LogP contribution in [0, 0.1) is 6.92 Å². The zero-order valence-electron chi connectivity index (χ0n) is 12.9. The third kappa shape index (κ3) is 5.61. The maximum Gasteiger partial charge on any atom is 0.315 e. The zero-order valence-corrected chi connectivity index (χ0v) is 13.7. The molecule has 2 rings (SSSR count). The monoisotopic (exact) mass is 312 g/mol. The van der Waals surface area contributed by atoms with E-state index in [9.17, 15) is 4.79 Å². The van der Waals surface area contributed by atoms with Crippen LogP contribution in [0.4, 0.5) is 4.79 Å². The van der Waals surface area contributed by atoms with Crippen molar-refractivity contribution in [3.8, 4) is 0 Å². The van der Waals surface area contributed by atoms with Gasteiger partial charge in [-0.05, 0) is 20.8 Å². The van der Waals surface area contributed by atoms with Gasteiger partial charge in [0.2, 0.25) is 0 Å². The fourth-order valence-electron chi connectivity index (χ4n) is 2.50. The van der Waals surface area contributed by atoms with Gasteiger partial charge in [0.25, 0.3) is 0 Å². The number of thiazole rings is 1. The summed E-state index contributed by atoms with van der Waals surface area (Å²) in [6.45, 7) is 9.93. The summed E-state index contributed by atoms with van der Waals surface area (Å²) in [5, 5.41) is 8.61. The van der Waals surface area contributed by atoms with Crippen molar-refractivity contribution in [3.05, 3.63) is 16.1 Å². The highest BCUT2D eigenvalue weighted by Crippen LogP contribution is 2.09. The number of morpholine rings is 1. The van der Waals surface area contributed by atoms with Crippen LogP contribution in [0.15, 0.2) is 5.38 Å². The number of carbonyl (C=O) groups is 1. The molecule has 0 spiro atoms. The number of hydrogen-bond acceptors (Lipinski definition) is 5. The van der Waals surface area contributed by atoms with Crippen LogP contribution in [0.3, 0.4) is 0 Å². The van der Waals surface area contributed by atoms with Gasteiger partial charge < -0.3 is 15.4 Å². The Labute approximate surface area is 129 Å². The van der Waals surface area contributed by atoms with Crippen LogP contribution in [0.1, 0.15) is 24.5 Å². The van der Waals surface area contributed by atoms with E-state index in [1.807, 2.05) is 12.3 Å². The van der Waals surface area contributed by atoms with E-state index < -0.39 is 0 Å². The van der Waals surface area contributed by atoms with Crippen molar-refractivity contribution in [3.63, 3.8) is 0 Å². The van der Waals surface area contributed by atoms with Gasteiger partial charge in [0.1, 0.15) is 5.01 Å². The Morgan fingerprint density at radius 1 is 1.43 bits per heavy atom. The maximum atomic E-state index is 11.7. The third-order valence-corrected chi connectivity index (χ3v) is 4.24. The van der Waals surface area contributed by atoms with Crippen LogP contribution in [0.5, 0.6) is 0 Å². The lowest BCUT2D eigenvalue weighted by Crippen LogP contribution is -2.48. The molecule has 6 nitrogen and oxygen atoms in total. The quantitative estimate of drug-likeness (QED) is 0.861. The molecule has 7 heteroatoms. The SMILES string of the molecule is Cc1csc(CNC(=O)NCCN2C[C@H](C)O[C@@H](C)C2)n1. The molecular formula is C14H24N4O2S. The summed E-state index contributed by atoms with van der Waals surface area (Å²) in [5.74, 6) is 0. The lowest BCUT2D eigenvalue weighted by molar-refractivity contribution is -0.0672. The smallest absolute Gasteiger partial charge is 0.315 e. The number of hydrogen-bond donors (Lipinski definition) is 2. The summed E-state index contributed by atoms with van der Waals surface area (Å²) in [5.41, 5.74) is 0.993. The molecule has 2 heterocycles. The Morgan fingerprint density at radius 3 is 2.76 bits per heavy atom. The molecular weight excluding hydrogens is 288 g/mol. The van der Waals surface area contributed by atoms with Crippen LogP contribution in [0.25, 0.3) is 0 Å². The Balaban J connectivity index is 1.60. The summed E-state index contributed by atoms with van der Waals surface area (Å²) in [4.78, 5) is 18.3. The second-order valence-corrected chi connectivity index (χ2v) is 6.45. The average Bonchev–Trinajstić information content (AvgIpc) is 2.81. The van der Waals surface area contributed by atoms with Gasteiger partial charge in [-0.25, -0.2) is 9.78 Å². The molecule has 1 fully saturated rings. The number of rotatable bonds is 5. The number of carbonyl (C=O) groups excluding carboxylic acids is 1. The first kappa shape index (κ1) is 16.2. The van der Waals surface area contributed by atoms with Gasteiger partial charge in [-0.2, -0.15) is 0 Å². The van der Waals surface area contributed by atoms with Gasteiger partial charge in [0.15, 0.2) is 0 Å². The number of aryl methyl sites for hydroxylation is 1. The molecule has 0 bridgehead atoms. The number of nitrogens with zero attached hydrogens (tertiary/aromatic N) is 2. The fraction of sp³-hybridized carbons (Fsp3) is 0.714. The molecule has 0 radical (unpaired) electrons. The van der Waals surface area contributed by atoms with E-state index in [0.717, 1.165) is 30.3 Å². The van der Waals surface area contributed by atoms with E-state index in [4.69, 9.17) is 4.74 Å². The molecule has 1 aliphatic heterocycles. The number of nitrogens with one attached hydrogen (secondary N) is 2. The number of amides is 2. The predicted molar refractivity (Wildman–Crippen MR) is 83.5 cm³/mol. The average molecular weight is 312 g/mol. The Bertz CT molecular complexity index is 456. The van der Waals surface area contributed by atoms with Gasteiger partial charge in [-0.3, -0.25) is 4.90 Å². The molecule has 2 N–H and O–H groups in total. The number of ether oxygens (including phenoxy) is 1. The van der Waals surface area contributed by atoms with Crippen molar-refractivity contribution in [2.45, 2.75) is 39.5 Å². The Kier molecular flexibility index (Phi) is 5.96. The van der Waals surface area contributed by atoms with Gasteiger partial charge in [0.05, 0.1) is 18.8 Å². The van der Waals surface area contributed by atoms with Crippen LogP contribution in [-0.2, 0) is 11.3 Å². The highest BCUT2D eigenvalue weighted by molar-refractivity contribution is 7.09. The van der Waals surface area contributed by atoms with E-state index in [1.54, 1.807) is 11.3 Å². The summed E-state index contributed by atoms with van der Waals surface area (Å²) in [6, 6.07) is -0.141. The first-order valence-electron chi connectivity index (χ1n) is 7.33. The summed E-state index contributed by atoms with van der Waals surface area (Å²) < 4.78 is 5.69. The minimum absolute atomic E-state index is 0.141. The van der Waals surface area contributed by atoms with E-state index in [2.05, 4.69) is 34.4 Å². The number of urea groups is 1. The lowest BCUT2D eigenvalue weighted by atomic mass is 10.2. The topological polar surface area (TPSA) is 66.5 Å². The molecule has 0 aliphatic carbocycles. The van der Waals surface area contributed by atoms with E-state index >= 15 is 0 Å². The Hall–Kier alpha value is -1.18. The molecule has 2 atom stereocenters. The van der Waals surface area contributed by atoms with Crippen LogP contribution in [0.2, 0.25) is 0 Å². The van der Waals surface area contributed by atoms with Gasteiger partial charge in [0, 0.05) is 37.3 Å². The summed E-state index contributed by atoms with van der Waals surface area (Å²) >= 11 is 1.56. The largest absolute Gasteiger partial charge is 0.373 e. The maximum absolute atomic E-state index is 11.7. The van der Waals surface area contributed by atoms with Crippen molar-refractivity contribution in [2.24, 2.45) is 0 Å². The highest BCUT2D eigenvalue weighted by Gasteiger charge is 2.21. The molecule has 2 amide bonds. The van der Waals surface area contributed by atoms with Gasteiger partial charge >= 0.3 is 6.03 Å². The third-order valence-electron chi connectivity index (χ3n) is 3.28. The summed E-state index contributed by atoms with van der Waals surface area (Å²) in [7, 11) is 0. The second kappa shape index (κ2) is 7.72. The first-order chi connectivity index (χ1) is 10.0. The van der Waals surface area contributed by atoms with Crippen molar-refractivity contribution < 1.29 is 9.53 Å². The minimum atomic E-state index is -0.141. The summed E-state index contributed by atoms with van der Waals surface area (Å²) in [6.07, 6.45) is 0.520. The van der Waals surface area contributed by atoms with Gasteiger partial charge in [-0.15, -0.1) is 11.3 Å². The molecule has 0 saturated carbocycles. The Morgan fingerprint density at radius 2 is 2.14 bits per heavy atom. The fourth-order valence-corrected chi connectivity index (χ4v) is 3.21. The number of aromatic nitrogens is 1. The normalized spacial score (nSPS) is 23.0. The van der Waals surface area contributed by atoms with Crippen LogP contribution in [-0.4, -0.2) is 54.3 Å². The van der Waals surface area contributed by atoms with E-state index in [1.165, 1.54) is 0 Å².